The predicted molar refractivity (Wildman–Crippen MR) is 58.6 cm³/mol. The van der Waals surface area contributed by atoms with E-state index in [9.17, 15) is 0 Å². The van der Waals surface area contributed by atoms with E-state index >= 15 is 0 Å². The molecule has 3 nitrogen and oxygen atoms in total. The fourth-order valence-corrected chi connectivity index (χ4v) is 1.22. The van der Waals surface area contributed by atoms with Crippen LogP contribution in [0.15, 0.2) is 0 Å². The molecule has 0 aromatic heterocycles. The van der Waals surface area contributed by atoms with Crippen LogP contribution in [-0.4, -0.2) is 25.2 Å². The molecule has 0 heterocycles. The first-order valence-electron chi connectivity index (χ1n) is 5.34. The Morgan fingerprint density at radius 3 is 1.62 bits per heavy atom. The predicted octanol–water partition coefficient (Wildman–Crippen LogP) is 0.831. The van der Waals surface area contributed by atoms with Crippen LogP contribution < -0.4 is 16.8 Å². The minimum atomic E-state index is 0.339. The molecule has 5 N–H and O–H groups in total. The van der Waals surface area contributed by atoms with E-state index < -0.39 is 0 Å². The Morgan fingerprint density at radius 1 is 0.923 bits per heavy atom. The number of hydrogen-bond donors (Lipinski definition) is 3. The van der Waals surface area contributed by atoms with Gasteiger partial charge < -0.3 is 16.8 Å². The molecule has 0 aliphatic heterocycles. The minimum absolute atomic E-state index is 0.339. The third kappa shape index (κ3) is 11.9. The maximum Gasteiger partial charge on any atom is 0.00109 e. The molecular weight excluding hydrogens is 162 g/mol. The van der Waals surface area contributed by atoms with Gasteiger partial charge in [0.25, 0.3) is 0 Å². The summed E-state index contributed by atoms with van der Waals surface area (Å²) >= 11 is 0. The Bertz CT molecular complexity index is 90.3. The summed E-state index contributed by atoms with van der Waals surface area (Å²) in [6.45, 7) is 6.27. The summed E-state index contributed by atoms with van der Waals surface area (Å²) in [5.41, 5.74) is 11.3. The summed E-state index contributed by atoms with van der Waals surface area (Å²) in [6.07, 6.45) is 4.58. The summed E-state index contributed by atoms with van der Waals surface area (Å²) < 4.78 is 0. The lowest BCUT2D eigenvalue weighted by molar-refractivity contribution is 0.542. The van der Waals surface area contributed by atoms with E-state index in [0.29, 0.717) is 12.1 Å². The van der Waals surface area contributed by atoms with E-state index in [1.165, 1.54) is 12.8 Å². The molecule has 0 saturated heterocycles. The minimum Gasteiger partial charge on any atom is -0.328 e. The molecule has 13 heavy (non-hydrogen) atoms. The monoisotopic (exact) mass is 187 g/mol. The average molecular weight is 187 g/mol. The SMILES string of the molecule is C[C@H](N)CCCNCCC[C@H](C)N. The van der Waals surface area contributed by atoms with E-state index in [1.807, 2.05) is 0 Å². The summed E-state index contributed by atoms with van der Waals surface area (Å²) in [6, 6.07) is 0.678. The highest BCUT2D eigenvalue weighted by atomic mass is 14.8. The highest BCUT2D eigenvalue weighted by Crippen LogP contribution is 1.93. The Morgan fingerprint density at radius 2 is 1.31 bits per heavy atom. The van der Waals surface area contributed by atoms with Gasteiger partial charge in [-0.1, -0.05) is 0 Å². The van der Waals surface area contributed by atoms with Crippen molar-refractivity contribution < 1.29 is 0 Å². The summed E-state index contributed by atoms with van der Waals surface area (Å²) in [5, 5.41) is 3.38. The van der Waals surface area contributed by atoms with Crippen LogP contribution in [0.1, 0.15) is 39.5 Å². The van der Waals surface area contributed by atoms with Crippen molar-refractivity contribution in [3.63, 3.8) is 0 Å². The molecule has 2 atom stereocenters. The smallest absolute Gasteiger partial charge is 0.00109 e. The molecule has 0 radical (unpaired) electrons. The van der Waals surface area contributed by atoms with Crippen LogP contribution in [0.25, 0.3) is 0 Å². The zero-order valence-electron chi connectivity index (χ0n) is 9.05. The van der Waals surface area contributed by atoms with E-state index in [2.05, 4.69) is 19.2 Å². The third-order valence-electron chi connectivity index (χ3n) is 2.03. The molecule has 0 saturated carbocycles. The van der Waals surface area contributed by atoms with E-state index in [1.54, 1.807) is 0 Å². The van der Waals surface area contributed by atoms with Crippen molar-refractivity contribution in [1.29, 1.82) is 0 Å². The van der Waals surface area contributed by atoms with Gasteiger partial charge in [0.2, 0.25) is 0 Å². The number of nitrogens with two attached hydrogens (primary N) is 2. The molecule has 0 fully saturated rings. The Kier molecular flexibility index (Phi) is 8.40. The molecule has 0 aromatic carbocycles. The summed E-state index contributed by atoms with van der Waals surface area (Å²) in [7, 11) is 0. The average Bonchev–Trinajstić information content (AvgIpc) is 2.01. The van der Waals surface area contributed by atoms with Crippen molar-refractivity contribution in [3.05, 3.63) is 0 Å². The van der Waals surface area contributed by atoms with E-state index in [4.69, 9.17) is 11.5 Å². The molecule has 0 aliphatic rings. The number of hydrogen-bond acceptors (Lipinski definition) is 3. The van der Waals surface area contributed by atoms with Crippen LogP contribution in [-0.2, 0) is 0 Å². The van der Waals surface area contributed by atoms with E-state index in [-0.39, 0.29) is 0 Å². The first kappa shape index (κ1) is 12.9. The van der Waals surface area contributed by atoms with Crippen LogP contribution in [0.3, 0.4) is 0 Å². The van der Waals surface area contributed by atoms with Gasteiger partial charge >= 0.3 is 0 Å². The molecule has 80 valence electrons. The van der Waals surface area contributed by atoms with Crippen molar-refractivity contribution in [2.75, 3.05) is 13.1 Å². The first-order chi connectivity index (χ1) is 6.13. The third-order valence-corrected chi connectivity index (χ3v) is 2.03. The lowest BCUT2D eigenvalue weighted by Gasteiger charge is -2.07. The van der Waals surface area contributed by atoms with Gasteiger partial charge in [0.1, 0.15) is 0 Å². The second-order valence-corrected chi connectivity index (χ2v) is 3.99. The number of rotatable bonds is 8. The molecule has 0 bridgehead atoms. The Hall–Kier alpha value is -0.120. The molecule has 3 heteroatoms. The van der Waals surface area contributed by atoms with Gasteiger partial charge in [-0.2, -0.15) is 0 Å². The van der Waals surface area contributed by atoms with Gasteiger partial charge in [-0.15, -0.1) is 0 Å². The Labute approximate surface area is 82.3 Å². The molecule has 0 rings (SSSR count). The summed E-state index contributed by atoms with van der Waals surface area (Å²) in [5.74, 6) is 0. The highest BCUT2D eigenvalue weighted by Gasteiger charge is 1.95. The van der Waals surface area contributed by atoms with Gasteiger partial charge in [0, 0.05) is 12.1 Å². The topological polar surface area (TPSA) is 64.1 Å². The van der Waals surface area contributed by atoms with Crippen LogP contribution in [0, 0.1) is 0 Å². The standard InChI is InChI=1S/C10H25N3/c1-9(11)5-3-7-13-8-4-6-10(2)12/h9-10,13H,3-8,11-12H2,1-2H3/t9-,10-/m0/s1. The molecular formula is C10H25N3. The lowest BCUT2D eigenvalue weighted by Crippen LogP contribution is -2.22. The van der Waals surface area contributed by atoms with Crippen LogP contribution >= 0.6 is 0 Å². The Balaban J connectivity index is 2.92. The van der Waals surface area contributed by atoms with Gasteiger partial charge in [0.15, 0.2) is 0 Å². The maximum atomic E-state index is 5.63. The van der Waals surface area contributed by atoms with Crippen molar-refractivity contribution >= 4 is 0 Å². The van der Waals surface area contributed by atoms with Crippen LogP contribution in [0.4, 0.5) is 0 Å². The molecule has 0 spiro atoms. The van der Waals surface area contributed by atoms with Crippen molar-refractivity contribution in [2.24, 2.45) is 11.5 Å². The molecule has 0 aromatic rings. The zero-order valence-corrected chi connectivity index (χ0v) is 9.05. The van der Waals surface area contributed by atoms with Gasteiger partial charge in [0.05, 0.1) is 0 Å². The first-order valence-corrected chi connectivity index (χ1v) is 5.34. The fourth-order valence-electron chi connectivity index (χ4n) is 1.22. The van der Waals surface area contributed by atoms with Crippen LogP contribution in [0.2, 0.25) is 0 Å². The quantitative estimate of drug-likeness (QED) is 0.493. The van der Waals surface area contributed by atoms with Crippen molar-refractivity contribution in [1.82, 2.24) is 5.32 Å². The van der Waals surface area contributed by atoms with E-state index in [0.717, 1.165) is 25.9 Å². The normalized spacial score (nSPS) is 15.7. The molecule has 0 amide bonds. The largest absolute Gasteiger partial charge is 0.328 e. The zero-order chi connectivity index (χ0) is 10.1. The fraction of sp³-hybridized carbons (Fsp3) is 1.00. The van der Waals surface area contributed by atoms with Crippen molar-refractivity contribution in [2.45, 2.75) is 51.6 Å². The molecule has 0 aliphatic carbocycles. The number of nitrogens with one attached hydrogen (secondary N) is 1. The highest BCUT2D eigenvalue weighted by molar-refractivity contribution is 4.57. The lowest BCUT2D eigenvalue weighted by atomic mass is 10.2. The van der Waals surface area contributed by atoms with Crippen molar-refractivity contribution in [3.8, 4) is 0 Å². The molecule has 0 unspecified atom stereocenters. The van der Waals surface area contributed by atoms with Gasteiger partial charge in [-0.25, -0.2) is 0 Å². The summed E-state index contributed by atoms with van der Waals surface area (Å²) in [4.78, 5) is 0. The maximum absolute atomic E-state index is 5.63. The second kappa shape index (κ2) is 8.48. The van der Waals surface area contributed by atoms with Gasteiger partial charge in [-0.3, -0.25) is 0 Å². The van der Waals surface area contributed by atoms with Gasteiger partial charge in [-0.05, 0) is 52.6 Å². The second-order valence-electron chi connectivity index (χ2n) is 3.99. The van der Waals surface area contributed by atoms with Crippen LogP contribution in [0.5, 0.6) is 0 Å².